The number of hydrogen-bond acceptors (Lipinski definition) is 4. The predicted octanol–water partition coefficient (Wildman–Crippen LogP) is 2.58. The molecular formula is C13H15N3S. The molecule has 2 unspecified atom stereocenters. The van der Waals surface area contributed by atoms with Crippen molar-refractivity contribution < 1.29 is 0 Å². The summed E-state index contributed by atoms with van der Waals surface area (Å²) in [5.74, 6) is 0.614. The predicted molar refractivity (Wildman–Crippen MR) is 69.1 cm³/mol. The van der Waals surface area contributed by atoms with Crippen LogP contribution in [0, 0.1) is 6.92 Å². The first kappa shape index (κ1) is 10.9. The average molecular weight is 245 g/mol. The molecule has 0 saturated carbocycles. The lowest BCUT2D eigenvalue weighted by Crippen LogP contribution is -2.22. The number of fused-ring (bicyclic) bond motifs is 1. The molecule has 0 aliphatic heterocycles. The van der Waals surface area contributed by atoms with E-state index >= 15 is 0 Å². The topological polar surface area (TPSA) is 51.8 Å². The van der Waals surface area contributed by atoms with E-state index in [4.69, 9.17) is 5.73 Å². The fourth-order valence-electron chi connectivity index (χ4n) is 2.56. The Labute approximate surface area is 105 Å². The van der Waals surface area contributed by atoms with Gasteiger partial charge in [-0.05, 0) is 48.3 Å². The molecule has 1 heterocycles. The number of hydrogen-bond donors (Lipinski definition) is 1. The summed E-state index contributed by atoms with van der Waals surface area (Å²) in [7, 11) is 0. The van der Waals surface area contributed by atoms with Crippen molar-refractivity contribution >= 4 is 11.5 Å². The minimum absolute atomic E-state index is 0.0772. The maximum atomic E-state index is 6.24. The Kier molecular flexibility index (Phi) is 2.68. The van der Waals surface area contributed by atoms with Gasteiger partial charge in [-0.15, -0.1) is 5.10 Å². The zero-order valence-corrected chi connectivity index (χ0v) is 10.6. The van der Waals surface area contributed by atoms with Crippen LogP contribution in [0.4, 0.5) is 0 Å². The third kappa shape index (κ3) is 1.87. The van der Waals surface area contributed by atoms with Gasteiger partial charge in [-0.1, -0.05) is 28.8 Å². The smallest absolute Gasteiger partial charge is 0.0772 e. The zero-order valence-electron chi connectivity index (χ0n) is 9.76. The minimum atomic E-state index is 0.0772. The van der Waals surface area contributed by atoms with Gasteiger partial charge in [-0.2, -0.15) is 0 Å². The van der Waals surface area contributed by atoms with E-state index in [1.165, 1.54) is 22.7 Å². The van der Waals surface area contributed by atoms with Crippen LogP contribution in [0.2, 0.25) is 0 Å². The van der Waals surface area contributed by atoms with Crippen LogP contribution in [0.25, 0.3) is 0 Å². The lowest BCUT2D eigenvalue weighted by atomic mass is 9.74. The van der Waals surface area contributed by atoms with Crippen molar-refractivity contribution in [3.05, 3.63) is 46.0 Å². The lowest BCUT2D eigenvalue weighted by molar-refractivity contribution is 0.501. The molecule has 4 heteroatoms. The molecule has 1 aliphatic rings. The van der Waals surface area contributed by atoms with E-state index in [-0.39, 0.29) is 6.04 Å². The van der Waals surface area contributed by atoms with Gasteiger partial charge < -0.3 is 5.73 Å². The second-order valence-corrected chi connectivity index (χ2v) is 5.45. The summed E-state index contributed by atoms with van der Waals surface area (Å²) >= 11 is 1.43. The van der Waals surface area contributed by atoms with Crippen LogP contribution in [0.3, 0.4) is 0 Å². The summed E-state index contributed by atoms with van der Waals surface area (Å²) in [6.07, 6.45) is 2.16. The second kappa shape index (κ2) is 4.20. The molecule has 0 spiro atoms. The summed E-state index contributed by atoms with van der Waals surface area (Å²) in [6.45, 7) is 1.98. The quantitative estimate of drug-likeness (QED) is 0.904. The number of aromatic nitrogens is 2. The highest BCUT2D eigenvalue weighted by atomic mass is 32.1. The van der Waals surface area contributed by atoms with E-state index in [1.807, 2.05) is 6.92 Å². The Hall–Kier alpha value is -1.26. The Morgan fingerprint density at radius 3 is 3.00 bits per heavy atom. The van der Waals surface area contributed by atoms with Crippen molar-refractivity contribution in [3.8, 4) is 0 Å². The van der Waals surface area contributed by atoms with E-state index in [1.54, 1.807) is 0 Å². The Balaban J connectivity index is 1.72. The van der Waals surface area contributed by atoms with Crippen molar-refractivity contribution in [2.24, 2.45) is 5.73 Å². The highest BCUT2D eigenvalue weighted by Crippen LogP contribution is 2.40. The van der Waals surface area contributed by atoms with Gasteiger partial charge in [0.25, 0.3) is 0 Å². The average Bonchev–Trinajstić information content (AvgIpc) is 2.72. The molecule has 17 heavy (non-hydrogen) atoms. The monoisotopic (exact) mass is 245 g/mol. The molecule has 0 amide bonds. The van der Waals surface area contributed by atoms with Gasteiger partial charge in [0.15, 0.2) is 0 Å². The van der Waals surface area contributed by atoms with Crippen LogP contribution in [-0.4, -0.2) is 9.59 Å². The van der Waals surface area contributed by atoms with E-state index in [2.05, 4.69) is 33.9 Å². The standard InChI is InChI=1S/C13H15N3S/c1-8-13(17-16-15-8)12(14)7-10-6-9-4-2-3-5-11(9)10/h2-5,10,12H,6-7,14H2,1H3. The maximum absolute atomic E-state index is 6.24. The summed E-state index contributed by atoms with van der Waals surface area (Å²) in [4.78, 5) is 1.13. The normalized spacial score (nSPS) is 19.5. The van der Waals surface area contributed by atoms with Crippen molar-refractivity contribution in [1.82, 2.24) is 9.59 Å². The van der Waals surface area contributed by atoms with E-state index < -0.39 is 0 Å². The molecule has 0 bridgehead atoms. The largest absolute Gasteiger partial charge is 0.323 e. The Morgan fingerprint density at radius 2 is 2.29 bits per heavy atom. The van der Waals surface area contributed by atoms with Gasteiger partial charge in [0.1, 0.15) is 0 Å². The van der Waals surface area contributed by atoms with Gasteiger partial charge in [0.05, 0.1) is 10.6 Å². The van der Waals surface area contributed by atoms with Crippen molar-refractivity contribution in [1.29, 1.82) is 0 Å². The highest BCUT2D eigenvalue weighted by Gasteiger charge is 2.28. The molecule has 2 atom stereocenters. The number of nitrogens with zero attached hydrogens (tertiary/aromatic N) is 2. The van der Waals surface area contributed by atoms with Crippen molar-refractivity contribution in [2.45, 2.75) is 31.7 Å². The van der Waals surface area contributed by atoms with Crippen LogP contribution >= 0.6 is 11.5 Å². The Morgan fingerprint density at radius 1 is 1.47 bits per heavy atom. The highest BCUT2D eigenvalue weighted by molar-refractivity contribution is 7.05. The molecule has 0 fully saturated rings. The minimum Gasteiger partial charge on any atom is -0.323 e. The fourth-order valence-corrected chi connectivity index (χ4v) is 3.22. The summed E-state index contributed by atoms with van der Waals surface area (Å²) in [5.41, 5.74) is 10.2. The summed E-state index contributed by atoms with van der Waals surface area (Å²) < 4.78 is 3.95. The van der Waals surface area contributed by atoms with Crippen LogP contribution in [-0.2, 0) is 6.42 Å². The number of aryl methyl sites for hydroxylation is 1. The van der Waals surface area contributed by atoms with Gasteiger partial charge in [0, 0.05) is 6.04 Å². The van der Waals surface area contributed by atoms with Gasteiger partial charge in [-0.3, -0.25) is 0 Å². The molecule has 3 nitrogen and oxygen atoms in total. The number of benzene rings is 1. The third-order valence-electron chi connectivity index (χ3n) is 3.52. The summed E-state index contributed by atoms with van der Waals surface area (Å²) in [6, 6.07) is 8.71. The molecule has 0 saturated heterocycles. The molecule has 1 aliphatic carbocycles. The molecule has 2 N–H and O–H groups in total. The first-order chi connectivity index (χ1) is 8.25. The Bertz CT molecular complexity index is 535. The van der Waals surface area contributed by atoms with Crippen molar-refractivity contribution in [3.63, 3.8) is 0 Å². The first-order valence-electron chi connectivity index (χ1n) is 5.88. The molecule has 88 valence electrons. The lowest BCUT2D eigenvalue weighted by Gasteiger charge is -2.31. The van der Waals surface area contributed by atoms with Crippen LogP contribution in [0.1, 0.15) is 40.1 Å². The third-order valence-corrected chi connectivity index (χ3v) is 4.48. The fraction of sp³-hybridized carbons (Fsp3) is 0.385. The van der Waals surface area contributed by atoms with Gasteiger partial charge >= 0.3 is 0 Å². The van der Waals surface area contributed by atoms with Crippen LogP contribution in [0.5, 0.6) is 0 Å². The molecule has 1 aromatic heterocycles. The molecular weight excluding hydrogens is 230 g/mol. The van der Waals surface area contributed by atoms with E-state index in [0.717, 1.165) is 23.4 Å². The molecule has 1 aromatic carbocycles. The first-order valence-corrected chi connectivity index (χ1v) is 6.65. The van der Waals surface area contributed by atoms with Crippen molar-refractivity contribution in [2.75, 3.05) is 0 Å². The number of nitrogens with two attached hydrogens (primary N) is 1. The zero-order chi connectivity index (χ0) is 11.8. The van der Waals surface area contributed by atoms with E-state index in [9.17, 15) is 0 Å². The molecule has 3 rings (SSSR count). The molecule has 0 radical (unpaired) electrons. The number of rotatable bonds is 3. The van der Waals surface area contributed by atoms with E-state index in [0.29, 0.717) is 5.92 Å². The SMILES string of the molecule is Cc1nnsc1C(N)CC1Cc2ccccc21. The second-order valence-electron chi connectivity index (χ2n) is 4.66. The summed E-state index contributed by atoms with van der Waals surface area (Å²) in [5, 5.41) is 4.02. The maximum Gasteiger partial charge on any atom is 0.0772 e. The van der Waals surface area contributed by atoms with Gasteiger partial charge in [-0.25, -0.2) is 0 Å². The van der Waals surface area contributed by atoms with Crippen LogP contribution in [0.15, 0.2) is 24.3 Å². The van der Waals surface area contributed by atoms with Gasteiger partial charge in [0.2, 0.25) is 0 Å². The van der Waals surface area contributed by atoms with Crippen LogP contribution < -0.4 is 5.73 Å². The molecule has 2 aromatic rings.